The molecule has 0 spiro atoms. The molecule has 2 saturated carbocycles. The number of amides is 1. The Morgan fingerprint density at radius 1 is 1.24 bits per heavy atom. The molecule has 0 aromatic heterocycles. The van der Waals surface area contributed by atoms with Gasteiger partial charge in [0.05, 0.1) is 0 Å². The van der Waals surface area contributed by atoms with Crippen molar-refractivity contribution in [2.45, 2.75) is 42.8 Å². The van der Waals surface area contributed by atoms with Crippen LogP contribution in [0.5, 0.6) is 0 Å². The van der Waals surface area contributed by atoms with Gasteiger partial charge in [0.2, 0.25) is 5.91 Å². The number of carbonyl (C=O) groups is 1. The summed E-state index contributed by atoms with van der Waals surface area (Å²) in [6.45, 7) is 0. The molecule has 0 aliphatic heterocycles. The van der Waals surface area contributed by atoms with Crippen LogP contribution in [0, 0.1) is 17.8 Å². The average molecular weight is 311 g/mol. The molecule has 2 nitrogen and oxygen atoms in total. The summed E-state index contributed by atoms with van der Waals surface area (Å²) in [5.74, 6) is -0.244. The van der Waals surface area contributed by atoms with E-state index in [9.17, 15) is 13.6 Å². The second kappa shape index (κ2) is 6.34. The SMILES string of the molecule is O=C(C[C@@H]1C[C@H]2CC[C@@H]1C2)Nc1ccc(SC(F)F)cc1. The fourth-order valence-electron chi connectivity index (χ4n) is 3.80. The second-order valence-electron chi connectivity index (χ2n) is 6.09. The quantitative estimate of drug-likeness (QED) is 0.794. The van der Waals surface area contributed by atoms with Crippen molar-refractivity contribution >= 4 is 23.4 Å². The predicted molar refractivity (Wildman–Crippen MR) is 80.5 cm³/mol. The number of nitrogens with one attached hydrogen (secondary N) is 1. The number of rotatable bonds is 5. The van der Waals surface area contributed by atoms with Crippen LogP contribution in [0.25, 0.3) is 0 Å². The lowest BCUT2D eigenvalue weighted by Gasteiger charge is -2.20. The number of hydrogen-bond acceptors (Lipinski definition) is 2. The topological polar surface area (TPSA) is 29.1 Å². The van der Waals surface area contributed by atoms with Crippen molar-refractivity contribution in [1.82, 2.24) is 0 Å². The molecular formula is C16H19F2NOS. The predicted octanol–water partition coefficient (Wildman–Crippen LogP) is 4.77. The van der Waals surface area contributed by atoms with Crippen molar-refractivity contribution in [2.24, 2.45) is 17.8 Å². The normalized spacial score (nSPS) is 27.3. The Morgan fingerprint density at radius 3 is 2.57 bits per heavy atom. The van der Waals surface area contributed by atoms with Crippen molar-refractivity contribution < 1.29 is 13.6 Å². The van der Waals surface area contributed by atoms with Crippen LogP contribution < -0.4 is 5.32 Å². The number of thioether (sulfide) groups is 1. The monoisotopic (exact) mass is 311 g/mol. The van der Waals surface area contributed by atoms with E-state index in [1.807, 2.05) is 0 Å². The Kier molecular flexibility index (Phi) is 4.48. The lowest BCUT2D eigenvalue weighted by molar-refractivity contribution is -0.117. The molecule has 1 amide bonds. The van der Waals surface area contributed by atoms with E-state index in [0.29, 0.717) is 34.7 Å². The third-order valence-electron chi connectivity index (χ3n) is 4.70. The summed E-state index contributed by atoms with van der Waals surface area (Å²) in [6.07, 6.45) is 5.71. The summed E-state index contributed by atoms with van der Waals surface area (Å²) in [6, 6.07) is 6.60. The van der Waals surface area contributed by atoms with E-state index in [2.05, 4.69) is 5.32 Å². The average Bonchev–Trinajstić information content (AvgIpc) is 3.02. The number of carbonyl (C=O) groups excluding carboxylic acids is 1. The molecule has 21 heavy (non-hydrogen) atoms. The van der Waals surface area contributed by atoms with Crippen LogP contribution in [-0.4, -0.2) is 11.7 Å². The van der Waals surface area contributed by atoms with Gasteiger partial charge in [-0.05, 0) is 61.3 Å². The van der Waals surface area contributed by atoms with Crippen molar-refractivity contribution in [1.29, 1.82) is 0 Å². The first-order chi connectivity index (χ1) is 10.1. The highest BCUT2D eigenvalue weighted by Crippen LogP contribution is 2.49. The first-order valence-corrected chi connectivity index (χ1v) is 8.33. The minimum atomic E-state index is -2.41. The number of fused-ring (bicyclic) bond motifs is 2. The summed E-state index contributed by atoms with van der Waals surface area (Å²) in [5.41, 5.74) is 0.682. The number of alkyl halides is 2. The van der Waals surface area contributed by atoms with E-state index in [1.165, 1.54) is 25.7 Å². The number of anilines is 1. The van der Waals surface area contributed by atoms with Gasteiger partial charge in [0.25, 0.3) is 5.76 Å². The smallest absolute Gasteiger partial charge is 0.288 e. The molecule has 0 saturated heterocycles. The maximum atomic E-state index is 12.2. The first kappa shape index (κ1) is 14.8. The highest BCUT2D eigenvalue weighted by Gasteiger charge is 2.40. The molecule has 1 N–H and O–H groups in total. The van der Waals surface area contributed by atoms with E-state index in [-0.39, 0.29) is 5.91 Å². The molecule has 3 atom stereocenters. The van der Waals surface area contributed by atoms with Crippen LogP contribution in [0.1, 0.15) is 32.1 Å². The molecule has 2 bridgehead atoms. The number of hydrogen-bond donors (Lipinski definition) is 1. The summed E-state index contributed by atoms with van der Waals surface area (Å²) in [4.78, 5) is 12.6. The largest absolute Gasteiger partial charge is 0.326 e. The Bertz CT molecular complexity index is 506. The molecule has 3 rings (SSSR count). The molecule has 2 aliphatic carbocycles. The van der Waals surface area contributed by atoms with E-state index >= 15 is 0 Å². The molecule has 5 heteroatoms. The van der Waals surface area contributed by atoms with Crippen LogP contribution in [0.2, 0.25) is 0 Å². The first-order valence-electron chi connectivity index (χ1n) is 7.45. The Morgan fingerprint density at radius 2 is 2.00 bits per heavy atom. The van der Waals surface area contributed by atoms with Gasteiger partial charge in [0, 0.05) is 17.0 Å². The van der Waals surface area contributed by atoms with Crippen molar-refractivity contribution in [3.05, 3.63) is 24.3 Å². The van der Waals surface area contributed by atoms with Gasteiger partial charge in [-0.1, -0.05) is 18.2 Å². The minimum Gasteiger partial charge on any atom is -0.326 e. The molecule has 114 valence electrons. The Balaban J connectivity index is 1.50. The van der Waals surface area contributed by atoms with E-state index in [0.717, 1.165) is 11.8 Å². The summed E-state index contributed by atoms with van der Waals surface area (Å²) in [5, 5.41) is 2.87. The van der Waals surface area contributed by atoms with E-state index in [1.54, 1.807) is 24.3 Å². The third kappa shape index (κ3) is 3.76. The van der Waals surface area contributed by atoms with Crippen LogP contribution >= 0.6 is 11.8 Å². The van der Waals surface area contributed by atoms with Gasteiger partial charge < -0.3 is 5.32 Å². The van der Waals surface area contributed by atoms with Gasteiger partial charge in [-0.15, -0.1) is 0 Å². The molecule has 0 radical (unpaired) electrons. The van der Waals surface area contributed by atoms with Crippen LogP contribution in [0.15, 0.2) is 29.2 Å². The van der Waals surface area contributed by atoms with Gasteiger partial charge in [-0.2, -0.15) is 8.78 Å². The van der Waals surface area contributed by atoms with Crippen LogP contribution in [0.4, 0.5) is 14.5 Å². The molecule has 0 heterocycles. The minimum absolute atomic E-state index is 0.0433. The molecule has 1 aromatic rings. The lowest BCUT2D eigenvalue weighted by atomic mass is 9.86. The van der Waals surface area contributed by atoms with E-state index < -0.39 is 5.76 Å². The van der Waals surface area contributed by atoms with Gasteiger partial charge in [0.1, 0.15) is 0 Å². The standard InChI is InChI=1S/C16H19F2NOS/c17-16(18)21-14-5-3-13(4-6-14)19-15(20)9-12-8-10-1-2-11(12)7-10/h3-6,10-12,16H,1-2,7-9H2,(H,19,20)/t10-,11+,12-/m0/s1. The molecule has 1 aromatic carbocycles. The zero-order chi connectivity index (χ0) is 14.8. The highest BCUT2D eigenvalue weighted by molar-refractivity contribution is 7.99. The zero-order valence-electron chi connectivity index (χ0n) is 11.7. The van der Waals surface area contributed by atoms with Crippen molar-refractivity contribution in [3.8, 4) is 0 Å². The highest BCUT2D eigenvalue weighted by atomic mass is 32.2. The Hall–Kier alpha value is -1.10. The molecule has 0 unspecified atom stereocenters. The fourth-order valence-corrected chi connectivity index (χ4v) is 4.30. The Labute approximate surface area is 127 Å². The van der Waals surface area contributed by atoms with Gasteiger partial charge in [-0.25, -0.2) is 0 Å². The second-order valence-corrected chi connectivity index (χ2v) is 7.15. The van der Waals surface area contributed by atoms with Gasteiger partial charge in [-0.3, -0.25) is 4.79 Å². The summed E-state index contributed by atoms with van der Waals surface area (Å²) in [7, 11) is 0. The third-order valence-corrected chi connectivity index (χ3v) is 5.42. The lowest BCUT2D eigenvalue weighted by Crippen LogP contribution is -2.20. The summed E-state index contributed by atoms with van der Waals surface area (Å²) < 4.78 is 24.5. The summed E-state index contributed by atoms with van der Waals surface area (Å²) >= 11 is 0.514. The fraction of sp³-hybridized carbons (Fsp3) is 0.562. The number of benzene rings is 1. The maximum absolute atomic E-state index is 12.2. The number of halogens is 2. The molecular weight excluding hydrogens is 292 g/mol. The van der Waals surface area contributed by atoms with Crippen LogP contribution in [0.3, 0.4) is 0 Å². The van der Waals surface area contributed by atoms with Crippen molar-refractivity contribution in [2.75, 3.05) is 5.32 Å². The van der Waals surface area contributed by atoms with Crippen LogP contribution in [-0.2, 0) is 4.79 Å². The zero-order valence-corrected chi connectivity index (χ0v) is 12.5. The van der Waals surface area contributed by atoms with Gasteiger partial charge >= 0.3 is 0 Å². The van der Waals surface area contributed by atoms with Crippen molar-refractivity contribution in [3.63, 3.8) is 0 Å². The molecule has 2 aliphatic rings. The maximum Gasteiger partial charge on any atom is 0.288 e. The van der Waals surface area contributed by atoms with Gasteiger partial charge in [0.15, 0.2) is 0 Å². The van der Waals surface area contributed by atoms with E-state index in [4.69, 9.17) is 0 Å². The molecule has 2 fully saturated rings.